The van der Waals surface area contributed by atoms with Crippen LogP contribution in [0.2, 0.25) is 0 Å². The van der Waals surface area contributed by atoms with Crippen molar-refractivity contribution in [3.63, 3.8) is 0 Å². The molecule has 0 aliphatic rings. The van der Waals surface area contributed by atoms with Crippen molar-refractivity contribution in [2.45, 2.75) is 187 Å². The predicted molar refractivity (Wildman–Crippen MR) is 215 cm³/mol. The van der Waals surface area contributed by atoms with Gasteiger partial charge in [-0.2, -0.15) is 0 Å². The van der Waals surface area contributed by atoms with Crippen LogP contribution < -0.4 is 0 Å². The average Bonchev–Trinajstić information content (AvgIpc) is 3.09. The summed E-state index contributed by atoms with van der Waals surface area (Å²) in [7, 11) is 1.47. The number of carbonyl (C=O) groups excluding carboxylic acids is 2. The zero-order chi connectivity index (χ0) is 38.6. The van der Waals surface area contributed by atoms with E-state index < -0.39 is 26.5 Å². The third-order valence-electron chi connectivity index (χ3n) is 8.95. The maximum absolute atomic E-state index is 12.7. The lowest BCUT2D eigenvalue weighted by Crippen LogP contribution is -2.37. The molecule has 0 aliphatic heterocycles. The smallest absolute Gasteiger partial charge is 0.462 e. The highest BCUT2D eigenvalue weighted by Crippen LogP contribution is 2.43. The van der Waals surface area contributed by atoms with E-state index in [1.54, 1.807) is 0 Å². The summed E-state index contributed by atoms with van der Waals surface area (Å²) in [6.07, 6.45) is 36.4. The molecule has 0 aromatic rings. The standard InChI is InChI=1S/C42H80NO8P/c1-6-8-10-12-14-16-18-20-21-23-25-27-29-31-33-35-42(45)51-40(39-50-52(46,47)49-37-36-43(3,4)5)38-48-41(44)34-32-30-28-26-24-22-19-17-15-13-11-9-7-2/h16-19,40H,6-15,20-39H2,1-5H3/p+1/b18-16-,19-17-/t40-/m1/s1. The fraction of sp³-hybridized carbons (Fsp3) is 0.857. The van der Waals surface area contributed by atoms with E-state index in [-0.39, 0.29) is 32.0 Å². The molecule has 0 rings (SSSR count). The number of unbranched alkanes of at least 4 members (excludes halogenated alkanes) is 20. The van der Waals surface area contributed by atoms with Crippen LogP contribution in [0.4, 0.5) is 0 Å². The second-order valence-electron chi connectivity index (χ2n) is 15.4. The Morgan fingerprint density at radius 3 is 1.42 bits per heavy atom. The van der Waals surface area contributed by atoms with Crippen LogP contribution in [0.15, 0.2) is 24.3 Å². The molecule has 306 valence electrons. The van der Waals surface area contributed by atoms with Gasteiger partial charge in [-0.25, -0.2) is 4.57 Å². The Bertz CT molecular complexity index is 949. The van der Waals surface area contributed by atoms with Gasteiger partial charge in [0.1, 0.15) is 19.8 Å². The number of hydrogen-bond donors (Lipinski definition) is 1. The van der Waals surface area contributed by atoms with Gasteiger partial charge < -0.3 is 18.9 Å². The van der Waals surface area contributed by atoms with Crippen molar-refractivity contribution in [3.05, 3.63) is 24.3 Å². The lowest BCUT2D eigenvalue weighted by molar-refractivity contribution is -0.870. The lowest BCUT2D eigenvalue weighted by Gasteiger charge is -2.24. The number of phosphoric acid groups is 1. The van der Waals surface area contributed by atoms with Gasteiger partial charge in [0.2, 0.25) is 0 Å². The van der Waals surface area contributed by atoms with Crippen molar-refractivity contribution < 1.29 is 42.1 Å². The summed E-state index contributed by atoms with van der Waals surface area (Å²) in [4.78, 5) is 35.3. The Morgan fingerprint density at radius 1 is 0.577 bits per heavy atom. The number of likely N-dealkylation sites (N-methyl/N-ethyl adjacent to an activating group) is 1. The number of quaternary nitrogens is 1. The molecule has 0 spiro atoms. The molecule has 0 amide bonds. The molecule has 1 unspecified atom stereocenters. The molecule has 9 nitrogen and oxygen atoms in total. The molecule has 2 atom stereocenters. The fourth-order valence-electron chi connectivity index (χ4n) is 5.59. The molecule has 0 heterocycles. The number of allylic oxidation sites excluding steroid dienone is 4. The normalized spacial score (nSPS) is 13.9. The van der Waals surface area contributed by atoms with Gasteiger partial charge in [-0.05, 0) is 64.2 Å². The Kier molecular flexibility index (Phi) is 34.2. The van der Waals surface area contributed by atoms with Crippen molar-refractivity contribution in [2.24, 2.45) is 0 Å². The number of carbonyl (C=O) groups is 2. The van der Waals surface area contributed by atoms with Crippen LogP contribution in [0.5, 0.6) is 0 Å². The molecule has 0 bridgehead atoms. The van der Waals surface area contributed by atoms with E-state index in [9.17, 15) is 19.0 Å². The van der Waals surface area contributed by atoms with Crippen LogP contribution in [-0.2, 0) is 32.7 Å². The van der Waals surface area contributed by atoms with E-state index in [0.717, 1.165) is 64.2 Å². The van der Waals surface area contributed by atoms with E-state index in [2.05, 4.69) is 38.2 Å². The number of hydrogen-bond acceptors (Lipinski definition) is 7. The first-order chi connectivity index (χ1) is 25.0. The Balaban J connectivity index is 4.40. The highest BCUT2D eigenvalue weighted by atomic mass is 31.2. The zero-order valence-electron chi connectivity index (χ0n) is 34.3. The first-order valence-electron chi connectivity index (χ1n) is 21.1. The molecule has 1 N–H and O–H groups in total. The van der Waals surface area contributed by atoms with Gasteiger partial charge in [-0.3, -0.25) is 18.6 Å². The molecular formula is C42H81NO8P+. The molecule has 0 fully saturated rings. The van der Waals surface area contributed by atoms with Crippen LogP contribution >= 0.6 is 7.82 Å². The number of nitrogens with zero attached hydrogens (tertiary/aromatic N) is 1. The zero-order valence-corrected chi connectivity index (χ0v) is 35.2. The summed E-state index contributed by atoms with van der Waals surface area (Å²) in [5.74, 6) is -0.812. The SMILES string of the molecule is CCCCCC/C=C\CCCCCCCCCC(=O)O[C@H](COC(=O)CCCCCCC/C=C\CCCCCC)COP(=O)(O)OCC[N+](C)(C)C. The summed E-state index contributed by atoms with van der Waals surface area (Å²) in [5.41, 5.74) is 0. The second kappa shape index (κ2) is 35.2. The Hall–Kier alpha value is -1.51. The fourth-order valence-corrected chi connectivity index (χ4v) is 6.33. The number of rotatable bonds is 38. The van der Waals surface area contributed by atoms with Crippen LogP contribution in [0.3, 0.4) is 0 Å². The van der Waals surface area contributed by atoms with Crippen molar-refractivity contribution in [2.75, 3.05) is 47.5 Å². The van der Waals surface area contributed by atoms with E-state index in [0.29, 0.717) is 17.4 Å². The van der Waals surface area contributed by atoms with E-state index in [1.807, 2.05) is 21.1 Å². The van der Waals surface area contributed by atoms with E-state index >= 15 is 0 Å². The predicted octanol–water partition coefficient (Wildman–Crippen LogP) is 11.6. The van der Waals surface area contributed by atoms with Gasteiger partial charge in [0, 0.05) is 12.8 Å². The van der Waals surface area contributed by atoms with E-state index in [4.69, 9.17) is 18.5 Å². The van der Waals surface area contributed by atoms with Crippen LogP contribution in [0.1, 0.15) is 181 Å². The molecule has 0 aromatic heterocycles. The van der Waals surface area contributed by atoms with Crippen molar-refractivity contribution in [1.29, 1.82) is 0 Å². The van der Waals surface area contributed by atoms with Gasteiger partial charge in [-0.15, -0.1) is 0 Å². The van der Waals surface area contributed by atoms with Crippen molar-refractivity contribution >= 4 is 19.8 Å². The highest BCUT2D eigenvalue weighted by Gasteiger charge is 2.27. The number of ether oxygens (including phenoxy) is 2. The van der Waals surface area contributed by atoms with Crippen molar-refractivity contribution in [3.8, 4) is 0 Å². The minimum Gasteiger partial charge on any atom is -0.462 e. The first-order valence-corrected chi connectivity index (χ1v) is 22.6. The monoisotopic (exact) mass is 759 g/mol. The van der Waals surface area contributed by atoms with Gasteiger partial charge in [0.05, 0.1) is 27.7 Å². The van der Waals surface area contributed by atoms with Gasteiger partial charge in [0.25, 0.3) is 0 Å². The molecule has 0 radical (unpaired) electrons. The maximum atomic E-state index is 12.7. The summed E-state index contributed by atoms with van der Waals surface area (Å²) in [6, 6.07) is 0. The summed E-state index contributed by atoms with van der Waals surface area (Å²) in [5, 5.41) is 0. The third-order valence-corrected chi connectivity index (χ3v) is 9.94. The van der Waals surface area contributed by atoms with E-state index in [1.165, 1.54) is 83.5 Å². The minimum atomic E-state index is -4.37. The quantitative estimate of drug-likeness (QED) is 0.0218. The number of esters is 2. The summed E-state index contributed by atoms with van der Waals surface area (Å²) >= 11 is 0. The average molecular weight is 759 g/mol. The highest BCUT2D eigenvalue weighted by molar-refractivity contribution is 7.47. The second-order valence-corrected chi connectivity index (χ2v) is 16.8. The van der Waals surface area contributed by atoms with Crippen LogP contribution in [-0.4, -0.2) is 74.9 Å². The van der Waals surface area contributed by atoms with Crippen LogP contribution in [0.25, 0.3) is 0 Å². The van der Waals surface area contributed by atoms with Gasteiger partial charge in [0.15, 0.2) is 6.10 Å². The Labute approximate surface area is 319 Å². The minimum absolute atomic E-state index is 0.0305. The summed E-state index contributed by atoms with van der Waals surface area (Å²) in [6.45, 7) is 4.38. The molecule has 0 aromatic carbocycles. The van der Waals surface area contributed by atoms with Gasteiger partial charge in [-0.1, -0.05) is 128 Å². The topological polar surface area (TPSA) is 108 Å². The maximum Gasteiger partial charge on any atom is 0.472 e. The first kappa shape index (κ1) is 50.5. The third kappa shape index (κ3) is 38.2. The molecule has 0 saturated carbocycles. The largest absolute Gasteiger partial charge is 0.472 e. The Morgan fingerprint density at radius 2 is 0.981 bits per heavy atom. The molecule has 10 heteroatoms. The molecular weight excluding hydrogens is 677 g/mol. The van der Waals surface area contributed by atoms with Crippen LogP contribution in [0, 0.1) is 0 Å². The lowest BCUT2D eigenvalue weighted by atomic mass is 10.1. The molecule has 52 heavy (non-hydrogen) atoms. The molecule has 0 saturated heterocycles. The number of phosphoric ester groups is 1. The van der Waals surface area contributed by atoms with Crippen molar-refractivity contribution in [1.82, 2.24) is 0 Å². The molecule has 0 aliphatic carbocycles. The summed E-state index contributed by atoms with van der Waals surface area (Å²) < 4.78 is 34.2. The van der Waals surface area contributed by atoms with Gasteiger partial charge >= 0.3 is 19.8 Å².